The third kappa shape index (κ3) is 3.66. The van der Waals surface area contributed by atoms with Crippen LogP contribution in [0.3, 0.4) is 0 Å². The second-order valence-electron chi connectivity index (χ2n) is 7.19. The van der Waals surface area contributed by atoms with Gasteiger partial charge in [-0.25, -0.2) is 9.37 Å². The zero-order valence-corrected chi connectivity index (χ0v) is 17.0. The highest BCUT2D eigenvalue weighted by atomic mass is 35.5. The molecule has 0 saturated carbocycles. The van der Waals surface area contributed by atoms with Crippen molar-refractivity contribution in [2.75, 3.05) is 0 Å². The smallest absolute Gasteiger partial charge is 0.291 e. The SMILES string of the molecule is Cc1cc(C2CCCc3nc(S)n(-c4ccc(F)c(C(F)(F)F)c4)c32)ccc1Cl. The number of benzene rings is 2. The van der Waals surface area contributed by atoms with Crippen LogP contribution in [0.15, 0.2) is 41.6 Å². The molecular weight excluding hydrogens is 424 g/mol. The van der Waals surface area contributed by atoms with Crippen LogP contribution in [-0.2, 0) is 12.6 Å². The molecule has 8 heteroatoms. The molecule has 2 aromatic carbocycles. The Morgan fingerprint density at radius 1 is 1.17 bits per heavy atom. The van der Waals surface area contributed by atoms with Crippen LogP contribution in [0, 0.1) is 12.7 Å². The molecular formula is C21H17ClF4N2S. The van der Waals surface area contributed by atoms with Gasteiger partial charge in [0.05, 0.1) is 17.0 Å². The summed E-state index contributed by atoms with van der Waals surface area (Å²) in [6.45, 7) is 1.91. The zero-order chi connectivity index (χ0) is 20.9. The number of alkyl halides is 3. The number of rotatable bonds is 2. The summed E-state index contributed by atoms with van der Waals surface area (Å²) in [6.07, 6.45) is -2.35. The summed E-state index contributed by atoms with van der Waals surface area (Å²) >= 11 is 10.6. The maximum absolute atomic E-state index is 13.8. The molecule has 1 aromatic heterocycles. The molecule has 4 rings (SSSR count). The normalized spacial score (nSPS) is 16.7. The molecule has 0 saturated heterocycles. The molecule has 0 aliphatic heterocycles. The molecule has 3 aromatic rings. The summed E-state index contributed by atoms with van der Waals surface area (Å²) in [5, 5.41) is 0.939. The molecule has 0 spiro atoms. The van der Waals surface area contributed by atoms with Crippen LogP contribution in [0.25, 0.3) is 5.69 Å². The topological polar surface area (TPSA) is 17.8 Å². The first kappa shape index (κ1) is 20.3. The second kappa shape index (κ2) is 7.36. The van der Waals surface area contributed by atoms with Crippen LogP contribution in [0.2, 0.25) is 5.02 Å². The Labute approximate surface area is 175 Å². The van der Waals surface area contributed by atoms with Gasteiger partial charge < -0.3 is 0 Å². The van der Waals surface area contributed by atoms with E-state index in [9.17, 15) is 17.6 Å². The number of aromatic nitrogens is 2. The predicted octanol–water partition coefficient (Wildman–Crippen LogP) is 6.75. The Bertz CT molecular complexity index is 1090. The standard InChI is InChI=1S/C21H17ClF4N2S/c1-11-9-12(5-7-16(11)22)14-3-2-4-18-19(14)28(20(29)27-18)13-6-8-17(23)15(10-13)21(24,25)26/h5-10,14H,2-4H2,1H3,(H,27,29). The number of thiol groups is 1. The van der Waals surface area contributed by atoms with Crippen LogP contribution < -0.4 is 0 Å². The fraction of sp³-hybridized carbons (Fsp3) is 0.286. The van der Waals surface area contributed by atoms with Crippen molar-refractivity contribution in [2.45, 2.75) is 43.4 Å². The molecule has 152 valence electrons. The molecule has 1 unspecified atom stereocenters. The Balaban J connectivity index is 1.90. The van der Waals surface area contributed by atoms with Crippen LogP contribution in [0.4, 0.5) is 17.6 Å². The predicted molar refractivity (Wildman–Crippen MR) is 107 cm³/mol. The van der Waals surface area contributed by atoms with Crippen molar-refractivity contribution >= 4 is 24.2 Å². The molecule has 0 amide bonds. The quantitative estimate of drug-likeness (QED) is 0.344. The number of hydrogen-bond acceptors (Lipinski definition) is 2. The van der Waals surface area contributed by atoms with Gasteiger partial charge in [0.2, 0.25) is 0 Å². The van der Waals surface area contributed by atoms with E-state index in [4.69, 9.17) is 11.6 Å². The van der Waals surface area contributed by atoms with Gasteiger partial charge in [0, 0.05) is 16.6 Å². The molecule has 1 atom stereocenters. The van der Waals surface area contributed by atoms with E-state index in [1.54, 1.807) is 4.57 Å². The summed E-state index contributed by atoms with van der Waals surface area (Å²) in [5.74, 6) is -1.37. The van der Waals surface area contributed by atoms with Crippen LogP contribution in [0.1, 0.15) is 46.8 Å². The summed E-state index contributed by atoms with van der Waals surface area (Å²) in [5.41, 5.74) is 2.42. The average Bonchev–Trinajstić information content (AvgIpc) is 2.99. The minimum atomic E-state index is -4.79. The first-order valence-electron chi connectivity index (χ1n) is 9.10. The Hall–Kier alpha value is -1.99. The maximum Gasteiger partial charge on any atom is 0.419 e. The molecule has 29 heavy (non-hydrogen) atoms. The van der Waals surface area contributed by atoms with Crippen molar-refractivity contribution in [3.63, 3.8) is 0 Å². The monoisotopic (exact) mass is 440 g/mol. The number of nitrogens with zero attached hydrogens (tertiary/aromatic N) is 2. The summed E-state index contributed by atoms with van der Waals surface area (Å²) in [4.78, 5) is 4.48. The van der Waals surface area contributed by atoms with E-state index in [2.05, 4.69) is 17.6 Å². The van der Waals surface area contributed by atoms with E-state index >= 15 is 0 Å². The fourth-order valence-electron chi connectivity index (χ4n) is 3.95. The van der Waals surface area contributed by atoms with Gasteiger partial charge in [-0.15, -0.1) is 12.6 Å². The Kier molecular flexibility index (Phi) is 5.15. The Morgan fingerprint density at radius 3 is 2.62 bits per heavy atom. The molecule has 1 aliphatic rings. The van der Waals surface area contributed by atoms with E-state index in [0.29, 0.717) is 11.4 Å². The Morgan fingerprint density at radius 2 is 1.93 bits per heavy atom. The lowest BCUT2D eigenvalue weighted by atomic mass is 9.83. The van der Waals surface area contributed by atoms with Crippen molar-refractivity contribution in [3.05, 3.63) is 75.3 Å². The molecule has 1 heterocycles. The average molecular weight is 441 g/mol. The lowest BCUT2D eigenvalue weighted by molar-refractivity contribution is -0.140. The minimum absolute atomic E-state index is 0.0671. The third-order valence-electron chi connectivity index (χ3n) is 5.31. The van der Waals surface area contributed by atoms with Gasteiger partial charge in [0.15, 0.2) is 5.16 Å². The van der Waals surface area contributed by atoms with Crippen molar-refractivity contribution in [3.8, 4) is 5.69 Å². The highest BCUT2D eigenvalue weighted by Crippen LogP contribution is 2.41. The second-order valence-corrected chi connectivity index (χ2v) is 8.00. The minimum Gasteiger partial charge on any atom is -0.291 e. The van der Waals surface area contributed by atoms with Crippen molar-refractivity contribution in [1.29, 1.82) is 0 Å². The van der Waals surface area contributed by atoms with Gasteiger partial charge in [-0.3, -0.25) is 4.57 Å². The van der Waals surface area contributed by atoms with Crippen molar-refractivity contribution in [1.82, 2.24) is 9.55 Å². The van der Waals surface area contributed by atoms with Gasteiger partial charge in [-0.1, -0.05) is 23.7 Å². The van der Waals surface area contributed by atoms with E-state index in [1.807, 2.05) is 25.1 Å². The van der Waals surface area contributed by atoms with Crippen molar-refractivity contribution in [2.24, 2.45) is 0 Å². The third-order valence-corrected chi connectivity index (χ3v) is 6.03. The highest BCUT2D eigenvalue weighted by Gasteiger charge is 2.35. The number of halogens is 5. The zero-order valence-electron chi connectivity index (χ0n) is 15.4. The highest BCUT2D eigenvalue weighted by molar-refractivity contribution is 7.80. The van der Waals surface area contributed by atoms with Gasteiger partial charge in [0.1, 0.15) is 5.82 Å². The largest absolute Gasteiger partial charge is 0.419 e. The summed E-state index contributed by atoms with van der Waals surface area (Å²) in [7, 11) is 0. The molecule has 0 N–H and O–H groups in total. The van der Waals surface area contributed by atoms with Crippen LogP contribution in [-0.4, -0.2) is 9.55 Å². The van der Waals surface area contributed by atoms with Gasteiger partial charge in [0.25, 0.3) is 0 Å². The maximum atomic E-state index is 13.8. The van der Waals surface area contributed by atoms with Crippen LogP contribution in [0.5, 0.6) is 0 Å². The van der Waals surface area contributed by atoms with E-state index in [1.165, 1.54) is 6.07 Å². The van der Waals surface area contributed by atoms with E-state index < -0.39 is 17.6 Å². The van der Waals surface area contributed by atoms with Crippen molar-refractivity contribution < 1.29 is 17.6 Å². The molecule has 0 radical (unpaired) electrons. The molecule has 2 nitrogen and oxygen atoms in total. The van der Waals surface area contributed by atoms with Gasteiger partial charge >= 0.3 is 6.18 Å². The first-order valence-corrected chi connectivity index (χ1v) is 9.93. The van der Waals surface area contributed by atoms with E-state index in [-0.39, 0.29) is 16.8 Å². The molecule has 1 aliphatic carbocycles. The summed E-state index contributed by atoms with van der Waals surface area (Å²) in [6, 6.07) is 8.71. The molecule has 0 bridgehead atoms. The number of fused-ring (bicyclic) bond motifs is 1. The van der Waals surface area contributed by atoms with Gasteiger partial charge in [-0.2, -0.15) is 13.2 Å². The number of imidazole rings is 1. The first-order chi connectivity index (χ1) is 13.7. The summed E-state index contributed by atoms with van der Waals surface area (Å²) < 4.78 is 55.1. The van der Waals surface area contributed by atoms with Crippen LogP contribution >= 0.6 is 24.2 Å². The van der Waals surface area contributed by atoms with E-state index in [0.717, 1.165) is 47.5 Å². The lowest BCUT2D eigenvalue weighted by Gasteiger charge is -2.26. The number of aryl methyl sites for hydroxylation is 2. The fourth-order valence-corrected chi connectivity index (χ4v) is 4.41. The molecule has 0 fully saturated rings. The lowest BCUT2D eigenvalue weighted by Crippen LogP contribution is -2.16. The van der Waals surface area contributed by atoms with Gasteiger partial charge in [-0.05, 0) is 61.6 Å². The number of hydrogen-bond donors (Lipinski definition) is 1.